The SMILES string of the molecule is CC(N[C@H]1C[C@@H]2[C@H](C1)[C@H]2c1cc(-c2cnc(N)c(C(F)(F)F)c2)nn1C(C)C)C1COC1. The van der Waals surface area contributed by atoms with Crippen LogP contribution in [-0.4, -0.2) is 40.1 Å². The number of nitrogens with zero attached hydrogens (tertiary/aromatic N) is 3. The molecule has 2 saturated carbocycles. The van der Waals surface area contributed by atoms with Gasteiger partial charge < -0.3 is 15.8 Å². The molecular weight excluding hydrogens is 419 g/mol. The highest BCUT2D eigenvalue weighted by Crippen LogP contribution is 2.63. The number of aromatic nitrogens is 3. The number of pyridine rings is 1. The predicted molar refractivity (Wildman–Crippen MR) is 115 cm³/mol. The quantitative estimate of drug-likeness (QED) is 0.690. The fourth-order valence-corrected chi connectivity index (χ4v) is 5.52. The van der Waals surface area contributed by atoms with Gasteiger partial charge >= 0.3 is 6.18 Å². The van der Waals surface area contributed by atoms with Crippen LogP contribution in [0.1, 0.15) is 56.8 Å². The zero-order valence-electron chi connectivity index (χ0n) is 18.6. The van der Waals surface area contributed by atoms with E-state index in [2.05, 4.69) is 22.3 Å². The first-order valence-corrected chi connectivity index (χ1v) is 11.4. The summed E-state index contributed by atoms with van der Waals surface area (Å²) in [5.41, 5.74) is 6.53. The number of ether oxygens (including phenoxy) is 1. The maximum atomic E-state index is 13.3. The Kier molecular flexibility index (Phi) is 5.24. The average Bonchev–Trinajstić information content (AvgIpc) is 3.02. The molecule has 0 radical (unpaired) electrons. The molecule has 0 amide bonds. The highest BCUT2D eigenvalue weighted by molar-refractivity contribution is 5.63. The molecule has 2 aromatic heterocycles. The Balaban J connectivity index is 1.34. The number of alkyl halides is 3. The Bertz CT molecular complexity index is 988. The molecule has 0 spiro atoms. The molecule has 32 heavy (non-hydrogen) atoms. The van der Waals surface area contributed by atoms with E-state index in [4.69, 9.17) is 10.5 Å². The second-order valence-electron chi connectivity index (χ2n) is 9.92. The fourth-order valence-electron chi connectivity index (χ4n) is 5.52. The number of halogens is 3. The summed E-state index contributed by atoms with van der Waals surface area (Å²) in [6.45, 7) is 8.04. The first-order valence-electron chi connectivity index (χ1n) is 11.4. The molecule has 0 aromatic carbocycles. The molecule has 9 heteroatoms. The number of rotatable bonds is 6. The van der Waals surface area contributed by atoms with Crippen molar-refractivity contribution in [2.24, 2.45) is 17.8 Å². The standard InChI is InChI=1S/C23H30F3N5O/c1-11(2)31-20(7-19(30-31)13-4-18(23(24,25)26)22(27)28-8-13)21-16-5-15(6-17(16)21)29-12(3)14-9-32-10-14/h4,7-8,11-12,14-17,21,29H,5-6,9-10H2,1-3H3,(H2,27,28)/t12?,15-,16+,17-,21-. The van der Waals surface area contributed by atoms with E-state index in [1.807, 2.05) is 24.6 Å². The van der Waals surface area contributed by atoms with Crippen LogP contribution in [-0.2, 0) is 10.9 Å². The van der Waals surface area contributed by atoms with Crippen molar-refractivity contribution in [3.63, 3.8) is 0 Å². The van der Waals surface area contributed by atoms with Crippen LogP contribution in [0.3, 0.4) is 0 Å². The minimum Gasteiger partial charge on any atom is -0.383 e. The second kappa shape index (κ2) is 7.73. The van der Waals surface area contributed by atoms with Crippen molar-refractivity contribution in [2.45, 2.75) is 63.8 Å². The highest BCUT2D eigenvalue weighted by atomic mass is 19.4. The Morgan fingerprint density at radius 3 is 2.41 bits per heavy atom. The van der Waals surface area contributed by atoms with E-state index in [-0.39, 0.29) is 6.04 Å². The lowest BCUT2D eigenvalue weighted by molar-refractivity contribution is -0.137. The van der Waals surface area contributed by atoms with Gasteiger partial charge in [-0.2, -0.15) is 18.3 Å². The lowest BCUT2D eigenvalue weighted by Gasteiger charge is -2.34. The number of anilines is 1. The smallest absolute Gasteiger partial charge is 0.383 e. The molecule has 5 rings (SSSR count). The minimum atomic E-state index is -4.55. The first-order chi connectivity index (χ1) is 15.1. The summed E-state index contributed by atoms with van der Waals surface area (Å²) in [6.07, 6.45) is -0.906. The lowest BCUT2D eigenvalue weighted by atomic mass is 9.97. The van der Waals surface area contributed by atoms with Crippen LogP contribution < -0.4 is 11.1 Å². The van der Waals surface area contributed by atoms with Crippen LogP contribution in [0.15, 0.2) is 18.3 Å². The maximum absolute atomic E-state index is 13.3. The fraction of sp³-hybridized carbons (Fsp3) is 0.652. The Morgan fingerprint density at radius 1 is 1.16 bits per heavy atom. The van der Waals surface area contributed by atoms with Crippen molar-refractivity contribution < 1.29 is 17.9 Å². The van der Waals surface area contributed by atoms with Gasteiger partial charge in [-0.1, -0.05) is 0 Å². The summed E-state index contributed by atoms with van der Waals surface area (Å²) in [6, 6.07) is 4.13. The zero-order chi connectivity index (χ0) is 22.8. The molecule has 3 fully saturated rings. The van der Waals surface area contributed by atoms with Crippen LogP contribution in [0.4, 0.5) is 19.0 Å². The minimum absolute atomic E-state index is 0.122. The van der Waals surface area contributed by atoms with Crippen LogP contribution in [0.2, 0.25) is 0 Å². The molecule has 1 saturated heterocycles. The van der Waals surface area contributed by atoms with Gasteiger partial charge in [-0.25, -0.2) is 4.98 Å². The summed E-state index contributed by atoms with van der Waals surface area (Å²) < 4.78 is 47.2. The molecule has 0 bridgehead atoms. The Hall–Kier alpha value is -2.13. The molecule has 1 unspecified atom stereocenters. The normalized spacial score (nSPS) is 28.6. The summed E-state index contributed by atoms with van der Waals surface area (Å²) in [5, 5.41) is 8.45. The number of nitrogens with two attached hydrogens (primary N) is 1. The van der Waals surface area contributed by atoms with Gasteiger partial charge in [0, 0.05) is 47.4 Å². The third kappa shape index (κ3) is 3.79. The topological polar surface area (TPSA) is 78.0 Å². The molecule has 3 N–H and O–H groups in total. The lowest BCUT2D eigenvalue weighted by Crippen LogP contribution is -2.47. The third-order valence-corrected chi connectivity index (χ3v) is 7.43. The van der Waals surface area contributed by atoms with E-state index in [0.29, 0.717) is 47.0 Å². The van der Waals surface area contributed by atoms with Crippen molar-refractivity contribution >= 4 is 5.82 Å². The highest BCUT2D eigenvalue weighted by Gasteiger charge is 2.58. The van der Waals surface area contributed by atoms with E-state index in [1.165, 1.54) is 6.20 Å². The molecule has 174 valence electrons. The monoisotopic (exact) mass is 449 g/mol. The first kappa shape index (κ1) is 21.7. The van der Waals surface area contributed by atoms with Gasteiger partial charge in [-0.3, -0.25) is 4.68 Å². The van der Waals surface area contributed by atoms with E-state index in [9.17, 15) is 13.2 Å². The van der Waals surface area contributed by atoms with Gasteiger partial charge in [0.2, 0.25) is 0 Å². The van der Waals surface area contributed by atoms with Crippen LogP contribution in [0.5, 0.6) is 0 Å². The van der Waals surface area contributed by atoms with Crippen molar-refractivity contribution in [3.05, 3.63) is 29.6 Å². The third-order valence-electron chi connectivity index (χ3n) is 7.43. The molecule has 2 aromatic rings. The number of nitrogens with one attached hydrogen (secondary N) is 1. The molecule has 6 nitrogen and oxygen atoms in total. The summed E-state index contributed by atoms with van der Waals surface area (Å²) >= 11 is 0. The van der Waals surface area contributed by atoms with E-state index < -0.39 is 17.6 Å². The van der Waals surface area contributed by atoms with E-state index >= 15 is 0 Å². The largest absolute Gasteiger partial charge is 0.419 e. The van der Waals surface area contributed by atoms with Gasteiger partial charge in [0.05, 0.1) is 24.5 Å². The molecule has 3 aliphatic rings. The van der Waals surface area contributed by atoms with Crippen molar-refractivity contribution in [1.29, 1.82) is 0 Å². The summed E-state index contributed by atoms with van der Waals surface area (Å²) in [5.74, 6) is 1.73. The van der Waals surface area contributed by atoms with Crippen LogP contribution in [0, 0.1) is 17.8 Å². The Morgan fingerprint density at radius 2 is 1.84 bits per heavy atom. The zero-order valence-corrected chi connectivity index (χ0v) is 18.6. The number of nitrogen functional groups attached to an aromatic ring is 1. The maximum Gasteiger partial charge on any atom is 0.419 e. The van der Waals surface area contributed by atoms with E-state index in [1.54, 1.807) is 0 Å². The van der Waals surface area contributed by atoms with Crippen LogP contribution >= 0.6 is 0 Å². The Labute approximate surface area is 185 Å². The van der Waals surface area contributed by atoms with Crippen molar-refractivity contribution in [2.75, 3.05) is 18.9 Å². The van der Waals surface area contributed by atoms with Gasteiger partial charge in [0.25, 0.3) is 0 Å². The van der Waals surface area contributed by atoms with Gasteiger partial charge in [-0.15, -0.1) is 0 Å². The summed E-state index contributed by atoms with van der Waals surface area (Å²) in [4.78, 5) is 3.78. The average molecular weight is 450 g/mol. The molecular formula is C23H30F3N5O. The predicted octanol–water partition coefficient (Wildman–Crippen LogP) is 4.24. The van der Waals surface area contributed by atoms with Gasteiger partial charge in [0.15, 0.2) is 0 Å². The van der Waals surface area contributed by atoms with Gasteiger partial charge in [-0.05, 0) is 57.6 Å². The molecule has 3 heterocycles. The summed E-state index contributed by atoms with van der Waals surface area (Å²) in [7, 11) is 0. The molecule has 2 aliphatic carbocycles. The van der Waals surface area contributed by atoms with Crippen LogP contribution in [0.25, 0.3) is 11.3 Å². The van der Waals surface area contributed by atoms with Crippen molar-refractivity contribution in [3.8, 4) is 11.3 Å². The molecule has 5 atom stereocenters. The number of hydrogen-bond donors (Lipinski definition) is 2. The van der Waals surface area contributed by atoms with Gasteiger partial charge in [0.1, 0.15) is 5.82 Å². The van der Waals surface area contributed by atoms with Crippen molar-refractivity contribution in [1.82, 2.24) is 20.1 Å². The van der Waals surface area contributed by atoms with E-state index in [0.717, 1.165) is 37.8 Å². The second-order valence-corrected chi connectivity index (χ2v) is 9.92. The molecule has 1 aliphatic heterocycles. The number of hydrogen-bond acceptors (Lipinski definition) is 5. The number of fused-ring (bicyclic) bond motifs is 1.